The average Bonchev–Trinajstić information content (AvgIpc) is 3.22. The van der Waals surface area contributed by atoms with Crippen molar-refractivity contribution in [3.05, 3.63) is 45.6 Å². The largest absolute Gasteiger partial charge is 0.497 e. The van der Waals surface area contributed by atoms with E-state index in [1.165, 1.54) is 17.0 Å². The zero-order valence-corrected chi connectivity index (χ0v) is 13.7. The summed E-state index contributed by atoms with van der Waals surface area (Å²) in [5, 5.41) is 1.93. The van der Waals surface area contributed by atoms with Crippen LogP contribution >= 0.6 is 11.3 Å². The maximum atomic E-state index is 12.4. The highest BCUT2D eigenvalue weighted by atomic mass is 32.1. The van der Waals surface area contributed by atoms with E-state index in [9.17, 15) is 4.79 Å². The summed E-state index contributed by atoms with van der Waals surface area (Å²) >= 11 is 1.70. The molecule has 5 heteroatoms. The van der Waals surface area contributed by atoms with Crippen LogP contribution in [0.25, 0.3) is 11.0 Å². The van der Waals surface area contributed by atoms with Crippen LogP contribution < -0.4 is 4.74 Å². The van der Waals surface area contributed by atoms with Crippen LogP contribution in [0.3, 0.4) is 0 Å². The monoisotopic (exact) mass is 327 g/mol. The van der Waals surface area contributed by atoms with Gasteiger partial charge < -0.3 is 9.15 Å². The molecule has 0 aliphatic heterocycles. The predicted molar refractivity (Wildman–Crippen MR) is 89.3 cm³/mol. The number of thiazole rings is 1. The first-order valence-corrected chi connectivity index (χ1v) is 8.58. The molecule has 1 aliphatic rings. The second-order valence-corrected chi connectivity index (χ2v) is 7.01. The molecule has 2 heterocycles. The van der Waals surface area contributed by atoms with Gasteiger partial charge in [0.1, 0.15) is 22.1 Å². The number of nitrogens with zero attached hydrogens (tertiary/aromatic N) is 1. The predicted octanol–water partition coefficient (Wildman–Crippen LogP) is 3.74. The highest BCUT2D eigenvalue weighted by Gasteiger charge is 2.19. The SMILES string of the molecule is COc1ccc2c(CC(=O)Cc3nc4c(s3)CCC4)coc2c1. The standard InChI is InChI=1S/C18H17NO3S/c1-21-13-5-6-14-11(10-22-16(14)9-13)7-12(20)8-18-19-15-3-2-4-17(15)23-18/h5-6,9-10H,2-4,7-8H2,1H3. The fourth-order valence-electron chi connectivity index (χ4n) is 3.09. The quantitative estimate of drug-likeness (QED) is 0.716. The number of rotatable bonds is 5. The molecule has 0 N–H and O–H groups in total. The lowest BCUT2D eigenvalue weighted by Gasteiger charge is -2.00. The summed E-state index contributed by atoms with van der Waals surface area (Å²) in [7, 11) is 1.62. The third-order valence-electron chi connectivity index (χ3n) is 4.24. The van der Waals surface area contributed by atoms with Gasteiger partial charge in [-0.1, -0.05) is 0 Å². The molecule has 0 spiro atoms. The Balaban J connectivity index is 1.49. The number of aryl methyl sites for hydroxylation is 2. The zero-order valence-electron chi connectivity index (χ0n) is 12.9. The van der Waals surface area contributed by atoms with Gasteiger partial charge in [-0.3, -0.25) is 4.79 Å². The number of carbonyl (C=O) groups excluding carboxylic acids is 1. The molecule has 0 saturated carbocycles. The fraction of sp³-hybridized carbons (Fsp3) is 0.333. The molecule has 23 heavy (non-hydrogen) atoms. The smallest absolute Gasteiger partial charge is 0.144 e. The van der Waals surface area contributed by atoms with E-state index in [-0.39, 0.29) is 5.78 Å². The van der Waals surface area contributed by atoms with Gasteiger partial charge in [0.15, 0.2) is 0 Å². The molecule has 3 aromatic rings. The van der Waals surface area contributed by atoms with Crippen LogP contribution in [0.5, 0.6) is 5.75 Å². The normalized spacial score (nSPS) is 13.4. The van der Waals surface area contributed by atoms with Crippen molar-refractivity contribution >= 4 is 28.1 Å². The van der Waals surface area contributed by atoms with Gasteiger partial charge in [0.2, 0.25) is 0 Å². The molecule has 1 aliphatic carbocycles. The molecule has 0 unspecified atom stereocenters. The first kappa shape index (κ1) is 14.5. The van der Waals surface area contributed by atoms with Gasteiger partial charge in [0.25, 0.3) is 0 Å². The van der Waals surface area contributed by atoms with E-state index < -0.39 is 0 Å². The lowest BCUT2D eigenvalue weighted by Crippen LogP contribution is -2.06. The van der Waals surface area contributed by atoms with Crippen molar-refractivity contribution in [2.24, 2.45) is 0 Å². The van der Waals surface area contributed by atoms with Crippen LogP contribution in [0.4, 0.5) is 0 Å². The highest BCUT2D eigenvalue weighted by Crippen LogP contribution is 2.29. The number of hydrogen-bond acceptors (Lipinski definition) is 5. The van der Waals surface area contributed by atoms with E-state index in [0.29, 0.717) is 12.8 Å². The van der Waals surface area contributed by atoms with Crippen LogP contribution in [0.2, 0.25) is 0 Å². The number of Topliss-reactive ketones (excluding diaryl/α,β-unsaturated/α-hetero) is 1. The van der Waals surface area contributed by atoms with Crippen LogP contribution in [0.15, 0.2) is 28.9 Å². The van der Waals surface area contributed by atoms with Crippen molar-refractivity contribution in [3.63, 3.8) is 0 Å². The molecule has 1 aromatic carbocycles. The third kappa shape index (κ3) is 2.77. The van der Waals surface area contributed by atoms with E-state index in [2.05, 4.69) is 4.98 Å². The van der Waals surface area contributed by atoms with Crippen LogP contribution in [-0.4, -0.2) is 17.9 Å². The molecule has 0 amide bonds. The maximum Gasteiger partial charge on any atom is 0.144 e. The second-order valence-electron chi connectivity index (χ2n) is 5.85. The van der Waals surface area contributed by atoms with Gasteiger partial charge in [-0.25, -0.2) is 4.98 Å². The minimum atomic E-state index is 0.177. The van der Waals surface area contributed by atoms with Crippen LogP contribution in [0, 0.1) is 0 Å². The summed E-state index contributed by atoms with van der Waals surface area (Å²) in [6.45, 7) is 0. The summed E-state index contributed by atoms with van der Waals surface area (Å²) in [5.41, 5.74) is 2.88. The Labute approximate surface area is 138 Å². The van der Waals surface area contributed by atoms with E-state index in [1.54, 1.807) is 24.7 Å². The van der Waals surface area contributed by atoms with Crippen molar-refractivity contribution in [1.82, 2.24) is 4.98 Å². The number of methoxy groups -OCH3 is 1. The van der Waals surface area contributed by atoms with Crippen LogP contribution in [-0.2, 0) is 30.5 Å². The molecular weight excluding hydrogens is 310 g/mol. The number of ketones is 1. The molecule has 0 atom stereocenters. The van der Waals surface area contributed by atoms with E-state index in [0.717, 1.165) is 40.1 Å². The second kappa shape index (κ2) is 5.81. The first-order chi connectivity index (χ1) is 11.2. The Morgan fingerprint density at radius 3 is 3.09 bits per heavy atom. The van der Waals surface area contributed by atoms with Crippen molar-refractivity contribution in [2.45, 2.75) is 32.1 Å². The Hall–Kier alpha value is -2.14. The van der Waals surface area contributed by atoms with Gasteiger partial charge in [-0.2, -0.15) is 0 Å². The van der Waals surface area contributed by atoms with Crippen molar-refractivity contribution in [1.29, 1.82) is 0 Å². The maximum absolute atomic E-state index is 12.4. The zero-order chi connectivity index (χ0) is 15.8. The molecule has 2 aromatic heterocycles. The molecule has 0 bridgehead atoms. The molecule has 4 rings (SSSR count). The van der Waals surface area contributed by atoms with Gasteiger partial charge in [0, 0.05) is 28.3 Å². The van der Waals surface area contributed by atoms with Gasteiger partial charge in [0.05, 0.1) is 25.5 Å². The summed E-state index contributed by atoms with van der Waals surface area (Å²) < 4.78 is 10.7. The lowest BCUT2D eigenvalue weighted by atomic mass is 10.1. The molecule has 4 nitrogen and oxygen atoms in total. The summed E-state index contributed by atoms with van der Waals surface area (Å²) in [5.74, 6) is 0.929. The number of ether oxygens (including phenoxy) is 1. The Bertz CT molecular complexity index is 856. The van der Waals surface area contributed by atoms with E-state index in [1.807, 2.05) is 18.2 Å². The van der Waals surface area contributed by atoms with E-state index in [4.69, 9.17) is 9.15 Å². The van der Waals surface area contributed by atoms with Crippen molar-refractivity contribution in [2.75, 3.05) is 7.11 Å². The van der Waals surface area contributed by atoms with Crippen molar-refractivity contribution < 1.29 is 13.9 Å². The molecular formula is C18H17NO3S. The number of benzene rings is 1. The minimum absolute atomic E-state index is 0.177. The van der Waals surface area contributed by atoms with Gasteiger partial charge >= 0.3 is 0 Å². The Morgan fingerprint density at radius 2 is 2.26 bits per heavy atom. The topological polar surface area (TPSA) is 52.3 Å². The number of furan rings is 1. The van der Waals surface area contributed by atoms with Crippen molar-refractivity contribution in [3.8, 4) is 5.75 Å². The van der Waals surface area contributed by atoms with Gasteiger partial charge in [-0.05, 0) is 31.4 Å². The molecule has 0 saturated heterocycles. The van der Waals surface area contributed by atoms with Gasteiger partial charge in [-0.15, -0.1) is 11.3 Å². The summed E-state index contributed by atoms with van der Waals surface area (Å²) in [4.78, 5) is 18.3. The fourth-order valence-corrected chi connectivity index (χ4v) is 4.28. The number of carbonyl (C=O) groups is 1. The number of hydrogen-bond donors (Lipinski definition) is 0. The average molecular weight is 327 g/mol. The summed E-state index contributed by atoms with van der Waals surface area (Å²) in [6.07, 6.45) is 5.85. The Morgan fingerprint density at radius 1 is 1.35 bits per heavy atom. The first-order valence-electron chi connectivity index (χ1n) is 7.76. The van der Waals surface area contributed by atoms with E-state index >= 15 is 0 Å². The number of aromatic nitrogens is 1. The van der Waals surface area contributed by atoms with Crippen LogP contribution in [0.1, 0.15) is 27.6 Å². The highest BCUT2D eigenvalue weighted by molar-refractivity contribution is 7.11. The molecule has 0 radical (unpaired) electrons. The molecule has 118 valence electrons. The summed E-state index contributed by atoms with van der Waals surface area (Å²) in [6, 6.07) is 5.67. The lowest BCUT2D eigenvalue weighted by molar-refractivity contribution is -0.117. The Kier molecular flexibility index (Phi) is 3.65. The minimum Gasteiger partial charge on any atom is -0.497 e. The third-order valence-corrected chi connectivity index (χ3v) is 5.40. The number of fused-ring (bicyclic) bond motifs is 2. The molecule has 0 fully saturated rings.